The van der Waals surface area contributed by atoms with Gasteiger partial charge in [-0.2, -0.15) is 0 Å². The van der Waals surface area contributed by atoms with Crippen molar-refractivity contribution in [2.75, 3.05) is 11.1 Å². The molecule has 2 heterocycles. The third kappa shape index (κ3) is 2.66. The Hall–Kier alpha value is -2.44. The van der Waals surface area contributed by atoms with Gasteiger partial charge in [-0.15, -0.1) is 0 Å². The van der Waals surface area contributed by atoms with E-state index in [1.807, 2.05) is 62.4 Å². The van der Waals surface area contributed by atoms with Crippen LogP contribution >= 0.6 is 23.6 Å². The van der Waals surface area contributed by atoms with Crippen LogP contribution in [-0.2, 0) is 0 Å². The molecule has 3 N–H and O–H groups in total. The van der Waals surface area contributed by atoms with Crippen molar-refractivity contribution in [1.82, 2.24) is 4.57 Å². The maximum absolute atomic E-state index is 13.3. The third-order valence-electron chi connectivity index (χ3n) is 4.82. The lowest BCUT2D eigenvalue weighted by Crippen LogP contribution is -2.24. The molecule has 0 aliphatic carbocycles. The number of para-hydroxylation sites is 1. The molecule has 0 bridgehead atoms. The SMILES string of the molecule is Cc1ccc(-n2c(N)c(C(=O)[C@@H]3c4ccccc4N[C@@H]3C)sc2=S)cc1. The van der Waals surface area contributed by atoms with Gasteiger partial charge in [0.25, 0.3) is 0 Å². The van der Waals surface area contributed by atoms with E-state index in [9.17, 15) is 4.79 Å². The molecule has 3 aromatic rings. The molecule has 1 aromatic heterocycles. The minimum Gasteiger partial charge on any atom is -0.383 e. The van der Waals surface area contributed by atoms with Gasteiger partial charge in [0.2, 0.25) is 0 Å². The molecule has 2 aromatic carbocycles. The molecule has 132 valence electrons. The monoisotopic (exact) mass is 381 g/mol. The Kier molecular flexibility index (Phi) is 4.17. The number of aryl methyl sites for hydroxylation is 1. The van der Waals surface area contributed by atoms with E-state index in [4.69, 9.17) is 18.0 Å². The first kappa shape index (κ1) is 17.0. The summed E-state index contributed by atoms with van der Waals surface area (Å²) < 4.78 is 2.37. The van der Waals surface area contributed by atoms with Gasteiger partial charge in [0.15, 0.2) is 9.74 Å². The molecule has 26 heavy (non-hydrogen) atoms. The predicted octanol–water partition coefficient (Wildman–Crippen LogP) is 4.94. The Morgan fingerprint density at radius 1 is 1.19 bits per heavy atom. The number of fused-ring (bicyclic) bond motifs is 1. The molecule has 0 saturated heterocycles. The number of nitrogen functional groups attached to an aromatic ring is 1. The van der Waals surface area contributed by atoms with Crippen molar-refractivity contribution in [3.63, 3.8) is 0 Å². The number of Topliss-reactive ketones (excluding diaryl/α,β-unsaturated/α-hetero) is 1. The van der Waals surface area contributed by atoms with Crippen LogP contribution in [0.1, 0.15) is 33.6 Å². The quantitative estimate of drug-likeness (QED) is 0.498. The minimum atomic E-state index is -0.256. The lowest BCUT2D eigenvalue weighted by Gasteiger charge is -2.14. The van der Waals surface area contributed by atoms with Crippen LogP contribution in [0.2, 0.25) is 0 Å². The largest absolute Gasteiger partial charge is 0.383 e. The number of nitrogens with zero attached hydrogens (tertiary/aromatic N) is 1. The molecule has 0 spiro atoms. The smallest absolute Gasteiger partial charge is 0.186 e. The molecule has 0 saturated carbocycles. The van der Waals surface area contributed by atoms with Gasteiger partial charge in [0, 0.05) is 17.4 Å². The number of carbonyl (C=O) groups excluding carboxylic acids is 1. The normalized spacial score (nSPS) is 18.4. The topological polar surface area (TPSA) is 60.0 Å². The number of ketones is 1. The summed E-state index contributed by atoms with van der Waals surface area (Å²) in [5.74, 6) is 0.188. The van der Waals surface area contributed by atoms with E-state index < -0.39 is 0 Å². The highest BCUT2D eigenvalue weighted by atomic mass is 32.1. The van der Waals surface area contributed by atoms with E-state index in [0.717, 1.165) is 22.5 Å². The number of carbonyl (C=O) groups is 1. The number of nitrogens with two attached hydrogens (primary N) is 1. The maximum Gasteiger partial charge on any atom is 0.186 e. The van der Waals surface area contributed by atoms with E-state index >= 15 is 0 Å². The highest BCUT2D eigenvalue weighted by molar-refractivity contribution is 7.73. The Bertz CT molecular complexity index is 1050. The summed E-state index contributed by atoms with van der Waals surface area (Å²) in [6, 6.07) is 15.9. The first-order valence-corrected chi connectivity index (χ1v) is 9.68. The maximum atomic E-state index is 13.3. The van der Waals surface area contributed by atoms with Crippen molar-refractivity contribution in [2.24, 2.45) is 0 Å². The minimum absolute atomic E-state index is 0.0165. The fraction of sp³-hybridized carbons (Fsp3) is 0.200. The highest BCUT2D eigenvalue weighted by Crippen LogP contribution is 2.40. The zero-order valence-corrected chi connectivity index (χ0v) is 16.2. The Morgan fingerprint density at radius 2 is 1.88 bits per heavy atom. The first-order valence-electron chi connectivity index (χ1n) is 8.45. The van der Waals surface area contributed by atoms with Gasteiger partial charge in [0.05, 0.1) is 5.92 Å². The van der Waals surface area contributed by atoms with Crippen LogP contribution in [0.5, 0.6) is 0 Å². The molecule has 4 rings (SSSR count). The summed E-state index contributed by atoms with van der Waals surface area (Å²) in [7, 11) is 0. The number of benzene rings is 2. The average Bonchev–Trinajstić information content (AvgIpc) is 3.11. The van der Waals surface area contributed by atoms with E-state index in [0.29, 0.717) is 14.6 Å². The lowest BCUT2D eigenvalue weighted by molar-refractivity contribution is 0.0961. The van der Waals surface area contributed by atoms with Gasteiger partial charge in [-0.25, -0.2) is 0 Å². The summed E-state index contributed by atoms with van der Waals surface area (Å²) in [4.78, 5) is 13.9. The van der Waals surface area contributed by atoms with Crippen LogP contribution in [0.25, 0.3) is 5.69 Å². The summed E-state index contributed by atoms with van der Waals surface area (Å²) >= 11 is 6.80. The Morgan fingerprint density at radius 3 is 2.62 bits per heavy atom. The van der Waals surface area contributed by atoms with Gasteiger partial charge < -0.3 is 11.1 Å². The van der Waals surface area contributed by atoms with Gasteiger partial charge in [-0.1, -0.05) is 47.2 Å². The van der Waals surface area contributed by atoms with Crippen molar-refractivity contribution in [3.8, 4) is 5.69 Å². The molecule has 1 aliphatic rings. The third-order valence-corrected chi connectivity index (χ3v) is 6.23. The molecule has 2 atom stereocenters. The molecule has 4 nitrogen and oxygen atoms in total. The van der Waals surface area contributed by atoms with Crippen molar-refractivity contribution in [3.05, 3.63) is 68.5 Å². The number of hydrogen-bond donors (Lipinski definition) is 2. The van der Waals surface area contributed by atoms with Gasteiger partial charge in [-0.3, -0.25) is 9.36 Å². The predicted molar refractivity (Wildman–Crippen MR) is 110 cm³/mol. The first-order chi connectivity index (χ1) is 12.5. The molecule has 0 unspecified atom stereocenters. The molecular formula is C20H19N3OS2. The van der Waals surface area contributed by atoms with Gasteiger partial charge in [0.1, 0.15) is 10.7 Å². The number of anilines is 2. The number of aromatic nitrogens is 1. The number of rotatable bonds is 3. The molecular weight excluding hydrogens is 362 g/mol. The van der Waals surface area contributed by atoms with Crippen LogP contribution in [0, 0.1) is 10.9 Å². The van der Waals surface area contributed by atoms with Crippen LogP contribution < -0.4 is 11.1 Å². The summed E-state index contributed by atoms with van der Waals surface area (Å²) in [5, 5.41) is 3.39. The van der Waals surface area contributed by atoms with Crippen LogP contribution in [-0.4, -0.2) is 16.4 Å². The van der Waals surface area contributed by atoms with Gasteiger partial charge >= 0.3 is 0 Å². The zero-order chi connectivity index (χ0) is 18.4. The second kappa shape index (κ2) is 6.37. The van der Waals surface area contributed by atoms with Crippen molar-refractivity contribution >= 4 is 40.8 Å². The summed E-state index contributed by atoms with van der Waals surface area (Å²) in [6.07, 6.45) is 0. The molecule has 1 aliphatic heterocycles. The molecule has 0 amide bonds. The van der Waals surface area contributed by atoms with E-state index in [1.54, 1.807) is 4.57 Å². The molecule has 6 heteroatoms. The standard InChI is InChI=1S/C20H19N3OS2/c1-11-7-9-13(10-8-11)23-19(21)18(26-20(23)25)17(24)16-12(2)22-15-6-4-3-5-14(15)16/h3-10,12,16,22H,21H2,1-2H3/t12-,16+/m1/s1. The number of thiazole rings is 1. The van der Waals surface area contributed by atoms with E-state index in [2.05, 4.69) is 5.32 Å². The van der Waals surface area contributed by atoms with Crippen molar-refractivity contribution in [2.45, 2.75) is 25.8 Å². The van der Waals surface area contributed by atoms with E-state index in [1.165, 1.54) is 11.3 Å². The second-order valence-corrected chi connectivity index (χ2v) is 8.26. The fourth-order valence-electron chi connectivity index (χ4n) is 3.51. The zero-order valence-electron chi connectivity index (χ0n) is 14.5. The highest BCUT2D eigenvalue weighted by Gasteiger charge is 2.36. The second-order valence-electron chi connectivity index (χ2n) is 6.62. The summed E-state index contributed by atoms with van der Waals surface area (Å²) in [5.41, 5.74) is 10.4. The van der Waals surface area contributed by atoms with Crippen LogP contribution in [0.4, 0.5) is 11.5 Å². The molecule has 0 fully saturated rings. The van der Waals surface area contributed by atoms with Crippen LogP contribution in [0.15, 0.2) is 48.5 Å². The Balaban J connectivity index is 1.78. The Labute approximate surface area is 161 Å². The summed E-state index contributed by atoms with van der Waals surface area (Å²) in [6.45, 7) is 4.05. The number of nitrogens with one attached hydrogen (secondary N) is 1. The fourth-order valence-corrected chi connectivity index (χ4v) is 4.85. The van der Waals surface area contributed by atoms with Crippen molar-refractivity contribution < 1.29 is 4.79 Å². The lowest BCUT2D eigenvalue weighted by atomic mass is 9.91. The van der Waals surface area contributed by atoms with Crippen LogP contribution in [0.3, 0.4) is 0 Å². The van der Waals surface area contributed by atoms with Gasteiger partial charge in [-0.05, 0) is 49.8 Å². The average molecular weight is 382 g/mol. The van der Waals surface area contributed by atoms with E-state index in [-0.39, 0.29) is 17.7 Å². The number of hydrogen-bond acceptors (Lipinski definition) is 5. The van der Waals surface area contributed by atoms with Crippen molar-refractivity contribution in [1.29, 1.82) is 0 Å². The molecule has 0 radical (unpaired) electrons.